The zero-order chi connectivity index (χ0) is 42.2. The van der Waals surface area contributed by atoms with Crippen molar-refractivity contribution in [3.63, 3.8) is 0 Å². The summed E-state index contributed by atoms with van der Waals surface area (Å²) in [7, 11) is 0. The molecule has 13 rings (SSSR count). The van der Waals surface area contributed by atoms with Crippen molar-refractivity contribution in [2.75, 3.05) is 9.80 Å². The van der Waals surface area contributed by atoms with E-state index in [0.717, 1.165) is 22.7 Å². The fraction of sp³-hybridized carbons (Fsp3) is 0.0164. The number of fused-ring (bicyclic) bond motifs is 13. The number of rotatable bonds is 7. The van der Waals surface area contributed by atoms with Crippen molar-refractivity contribution in [2.45, 2.75) is 5.41 Å². The van der Waals surface area contributed by atoms with E-state index < -0.39 is 5.41 Å². The van der Waals surface area contributed by atoms with Crippen molar-refractivity contribution in [1.82, 2.24) is 0 Å². The molecule has 11 aromatic rings. The average Bonchev–Trinajstić information content (AvgIpc) is 4.00. The molecule has 64 heavy (non-hydrogen) atoms. The van der Waals surface area contributed by atoms with E-state index in [-0.39, 0.29) is 0 Å². The molecule has 10 aromatic carbocycles. The van der Waals surface area contributed by atoms with Crippen LogP contribution in [0.25, 0.3) is 53.6 Å². The number of hydrogen-bond acceptors (Lipinski definition) is 3. The molecule has 0 saturated heterocycles. The van der Waals surface area contributed by atoms with Gasteiger partial charge in [0.2, 0.25) is 0 Å². The predicted molar refractivity (Wildman–Crippen MR) is 270 cm³/mol. The molecule has 0 saturated carbocycles. The van der Waals surface area contributed by atoms with E-state index in [1.807, 2.05) is 11.3 Å². The molecule has 2 aliphatic rings. The minimum Gasteiger partial charge on any atom is -0.310 e. The molecule has 2 nitrogen and oxygen atoms in total. The van der Waals surface area contributed by atoms with Gasteiger partial charge in [-0.25, -0.2) is 0 Å². The number of benzene rings is 10. The van der Waals surface area contributed by atoms with Gasteiger partial charge in [0.1, 0.15) is 0 Å². The zero-order valence-electron chi connectivity index (χ0n) is 34.9. The van der Waals surface area contributed by atoms with Gasteiger partial charge in [-0.1, -0.05) is 182 Å². The molecule has 1 heterocycles. The van der Waals surface area contributed by atoms with Crippen LogP contribution >= 0.6 is 11.3 Å². The third kappa shape index (κ3) is 5.32. The zero-order valence-corrected chi connectivity index (χ0v) is 35.7. The first-order valence-corrected chi connectivity index (χ1v) is 22.8. The molecule has 0 amide bonds. The van der Waals surface area contributed by atoms with Gasteiger partial charge in [0.25, 0.3) is 0 Å². The van der Waals surface area contributed by atoms with Crippen LogP contribution in [0.3, 0.4) is 0 Å². The number of nitrogens with zero attached hydrogens (tertiary/aromatic N) is 2. The summed E-state index contributed by atoms with van der Waals surface area (Å²) >= 11 is 1.88. The van der Waals surface area contributed by atoms with Gasteiger partial charge in [-0.2, -0.15) is 0 Å². The molecule has 0 N–H and O–H groups in total. The summed E-state index contributed by atoms with van der Waals surface area (Å²) in [4.78, 5) is 4.96. The predicted octanol–water partition coefficient (Wildman–Crippen LogP) is 17.0. The van der Waals surface area contributed by atoms with Gasteiger partial charge >= 0.3 is 0 Å². The quantitative estimate of drug-likeness (QED) is 0.158. The van der Waals surface area contributed by atoms with Crippen molar-refractivity contribution in [3.8, 4) is 33.4 Å². The maximum atomic E-state index is 2.52. The molecule has 2 aliphatic carbocycles. The topological polar surface area (TPSA) is 6.48 Å². The summed E-state index contributed by atoms with van der Waals surface area (Å²) in [5, 5.41) is 2.58. The molecule has 300 valence electrons. The SMILES string of the molecule is c1ccc(-c2ccccc2N(c2ccccc2)c2ccc3c(c2)C2(c4ccccc4-3)c3ccccc3-c3c(N(c4ccccc4)c4cccc5c4sc4ccccc45)cccc32)cc1. The smallest absolute Gasteiger partial charge is 0.0727 e. The summed E-state index contributed by atoms with van der Waals surface area (Å²) in [5.41, 5.74) is 18.9. The van der Waals surface area contributed by atoms with E-state index in [1.165, 1.54) is 87.2 Å². The Hall–Kier alpha value is -7.98. The van der Waals surface area contributed by atoms with Crippen LogP contribution in [0.5, 0.6) is 0 Å². The van der Waals surface area contributed by atoms with Crippen LogP contribution in [-0.4, -0.2) is 0 Å². The van der Waals surface area contributed by atoms with Crippen molar-refractivity contribution in [1.29, 1.82) is 0 Å². The van der Waals surface area contributed by atoms with Crippen LogP contribution in [0.15, 0.2) is 243 Å². The van der Waals surface area contributed by atoms with E-state index in [4.69, 9.17) is 0 Å². The number of anilines is 6. The lowest BCUT2D eigenvalue weighted by Gasteiger charge is -2.33. The molecule has 0 bridgehead atoms. The highest BCUT2D eigenvalue weighted by Crippen LogP contribution is 2.65. The summed E-state index contributed by atoms with van der Waals surface area (Å²) in [6, 6.07) is 89.5. The van der Waals surface area contributed by atoms with Gasteiger partial charge in [-0.3, -0.25) is 0 Å². The second kappa shape index (κ2) is 14.6. The lowest BCUT2D eigenvalue weighted by Crippen LogP contribution is -2.26. The summed E-state index contributed by atoms with van der Waals surface area (Å²) in [5.74, 6) is 0. The normalized spacial score (nSPS) is 14.3. The second-order valence-electron chi connectivity index (χ2n) is 16.7. The largest absolute Gasteiger partial charge is 0.310 e. The Kier molecular flexibility index (Phi) is 8.34. The minimum atomic E-state index is -0.572. The van der Waals surface area contributed by atoms with Crippen LogP contribution in [0.1, 0.15) is 22.3 Å². The highest BCUT2D eigenvalue weighted by atomic mass is 32.1. The fourth-order valence-corrected chi connectivity index (χ4v) is 12.1. The van der Waals surface area contributed by atoms with Gasteiger partial charge < -0.3 is 9.80 Å². The van der Waals surface area contributed by atoms with E-state index in [9.17, 15) is 0 Å². The molecule has 1 aromatic heterocycles. The second-order valence-corrected chi connectivity index (χ2v) is 17.8. The third-order valence-corrected chi connectivity index (χ3v) is 14.7. The Morgan fingerprint density at radius 1 is 0.312 bits per heavy atom. The van der Waals surface area contributed by atoms with Crippen molar-refractivity contribution < 1.29 is 0 Å². The molecule has 0 radical (unpaired) electrons. The summed E-state index contributed by atoms with van der Waals surface area (Å²) < 4.78 is 2.58. The molecule has 1 spiro atoms. The lowest BCUT2D eigenvalue weighted by atomic mass is 9.70. The van der Waals surface area contributed by atoms with Gasteiger partial charge in [0, 0.05) is 43.7 Å². The number of thiophene rings is 1. The van der Waals surface area contributed by atoms with Crippen LogP contribution in [0.2, 0.25) is 0 Å². The molecule has 0 aliphatic heterocycles. The van der Waals surface area contributed by atoms with Crippen LogP contribution in [0, 0.1) is 0 Å². The highest BCUT2D eigenvalue weighted by Gasteiger charge is 2.52. The Labute approximate surface area is 377 Å². The Morgan fingerprint density at radius 3 is 1.62 bits per heavy atom. The Balaban J connectivity index is 1.09. The summed E-state index contributed by atoms with van der Waals surface area (Å²) in [6.45, 7) is 0. The van der Waals surface area contributed by atoms with Crippen LogP contribution in [-0.2, 0) is 5.41 Å². The lowest BCUT2D eigenvalue weighted by molar-refractivity contribution is 0.793. The highest BCUT2D eigenvalue weighted by molar-refractivity contribution is 7.26. The van der Waals surface area contributed by atoms with Crippen molar-refractivity contribution in [3.05, 3.63) is 265 Å². The monoisotopic (exact) mass is 832 g/mol. The fourth-order valence-electron chi connectivity index (χ4n) is 10.9. The van der Waals surface area contributed by atoms with Gasteiger partial charge in [-0.05, 0) is 105 Å². The van der Waals surface area contributed by atoms with E-state index >= 15 is 0 Å². The van der Waals surface area contributed by atoms with Gasteiger partial charge in [-0.15, -0.1) is 11.3 Å². The first-order chi connectivity index (χ1) is 31.8. The molecule has 1 unspecified atom stereocenters. The Morgan fingerprint density at radius 2 is 0.844 bits per heavy atom. The Bertz CT molecular complexity index is 3580. The molecule has 3 heteroatoms. The maximum absolute atomic E-state index is 2.52. The molecular weight excluding hydrogens is 793 g/mol. The average molecular weight is 833 g/mol. The molecule has 1 atom stereocenters. The number of para-hydroxylation sites is 3. The van der Waals surface area contributed by atoms with Crippen LogP contribution < -0.4 is 9.80 Å². The first kappa shape index (κ1) is 36.7. The van der Waals surface area contributed by atoms with E-state index in [2.05, 4.69) is 252 Å². The van der Waals surface area contributed by atoms with E-state index in [1.54, 1.807) is 0 Å². The first-order valence-electron chi connectivity index (χ1n) is 22.0. The van der Waals surface area contributed by atoms with Gasteiger partial charge in [0.15, 0.2) is 0 Å². The summed E-state index contributed by atoms with van der Waals surface area (Å²) in [6.07, 6.45) is 0. The van der Waals surface area contributed by atoms with E-state index in [0.29, 0.717) is 0 Å². The number of hydrogen-bond donors (Lipinski definition) is 0. The van der Waals surface area contributed by atoms with Crippen molar-refractivity contribution >= 4 is 65.6 Å². The van der Waals surface area contributed by atoms with Gasteiger partial charge in [0.05, 0.1) is 27.2 Å². The minimum absolute atomic E-state index is 0.572. The molecule has 0 fully saturated rings. The standard InChI is InChI=1S/C61H40N2S/c1-4-20-41(21-5-1)45-26-12-16-34-55(45)62(42-22-6-2-7-23-42)44-38-39-47-46-27-10-14-31-51(46)61(54(47)40-44)52-32-15-11-29-50(52)59-53(61)33-19-35-56(59)63(43-24-8-3-9-25-43)57-36-18-30-49-48-28-13-17-37-58(48)64-60(49)57/h1-40H. The maximum Gasteiger partial charge on any atom is 0.0727 e. The van der Waals surface area contributed by atoms with Crippen molar-refractivity contribution in [2.24, 2.45) is 0 Å². The molecular formula is C61H40N2S. The van der Waals surface area contributed by atoms with Crippen LogP contribution in [0.4, 0.5) is 34.1 Å². The third-order valence-electron chi connectivity index (χ3n) is 13.5.